The molecule has 192 valence electrons. The molecule has 3 aromatic carbocycles. The molecule has 0 aliphatic heterocycles. The maximum Gasteiger partial charge on any atom is 0.329 e. The number of aryl methyl sites for hydroxylation is 1. The van der Waals surface area contributed by atoms with Crippen LogP contribution in [0.1, 0.15) is 30.9 Å². The first-order valence-electron chi connectivity index (χ1n) is 11.9. The monoisotopic (exact) mass is 502 g/mol. The molecule has 9 heteroatoms. The highest BCUT2D eigenvalue weighted by Crippen LogP contribution is 2.17. The summed E-state index contributed by atoms with van der Waals surface area (Å²) in [6.45, 7) is 4.46. The molecule has 0 saturated carbocycles. The molecule has 0 unspecified atom stereocenters. The Bertz CT molecular complexity index is 1220. The summed E-state index contributed by atoms with van der Waals surface area (Å²) in [6, 6.07) is 21.0. The molecule has 0 aliphatic rings. The van der Waals surface area contributed by atoms with Crippen molar-refractivity contribution in [3.63, 3.8) is 0 Å². The number of para-hydroxylation sites is 1. The van der Waals surface area contributed by atoms with Crippen molar-refractivity contribution in [3.05, 3.63) is 83.9 Å². The van der Waals surface area contributed by atoms with Crippen LogP contribution in [0.25, 0.3) is 0 Å². The first-order chi connectivity index (χ1) is 17.9. The van der Waals surface area contributed by atoms with Crippen LogP contribution in [0, 0.1) is 6.92 Å². The molecule has 0 spiro atoms. The van der Waals surface area contributed by atoms with Crippen molar-refractivity contribution in [3.8, 4) is 11.5 Å². The largest absolute Gasteiger partial charge is 0.494 e. The number of benzene rings is 3. The number of carbonyl (C=O) groups is 3. The zero-order chi connectivity index (χ0) is 26.5. The first kappa shape index (κ1) is 26.9. The molecule has 3 rings (SSSR count). The average molecular weight is 503 g/mol. The predicted molar refractivity (Wildman–Crippen MR) is 143 cm³/mol. The minimum absolute atomic E-state index is 0.212. The first-order valence-corrected chi connectivity index (χ1v) is 11.9. The summed E-state index contributed by atoms with van der Waals surface area (Å²) < 4.78 is 11.2. The molecular formula is C28H30N4O5. The van der Waals surface area contributed by atoms with E-state index in [4.69, 9.17) is 9.47 Å². The van der Waals surface area contributed by atoms with E-state index in [0.29, 0.717) is 35.0 Å². The van der Waals surface area contributed by atoms with Gasteiger partial charge in [0.1, 0.15) is 11.5 Å². The van der Waals surface area contributed by atoms with E-state index in [0.717, 1.165) is 18.4 Å². The lowest BCUT2D eigenvalue weighted by molar-refractivity contribution is -0.136. The smallest absolute Gasteiger partial charge is 0.329 e. The summed E-state index contributed by atoms with van der Waals surface area (Å²) in [5.74, 6) is -1.04. The van der Waals surface area contributed by atoms with Crippen molar-refractivity contribution < 1.29 is 23.9 Å². The molecule has 0 fully saturated rings. The molecule has 0 saturated heterocycles. The highest BCUT2D eigenvalue weighted by Gasteiger charge is 2.13. The van der Waals surface area contributed by atoms with Gasteiger partial charge in [0.25, 0.3) is 5.91 Å². The Hall–Kier alpha value is -4.66. The molecule has 0 radical (unpaired) electrons. The van der Waals surface area contributed by atoms with Crippen LogP contribution in [-0.2, 0) is 14.4 Å². The molecule has 9 nitrogen and oxygen atoms in total. The Labute approximate surface area is 215 Å². The second-order valence-electron chi connectivity index (χ2n) is 8.12. The van der Waals surface area contributed by atoms with E-state index in [1.54, 1.807) is 48.5 Å². The zero-order valence-corrected chi connectivity index (χ0v) is 20.8. The SMILES string of the molecule is CCCCOc1ccc(NC(=O)C(=O)N/N=C\c2ccccc2OCC(=O)Nc2ccc(C)cc2)cc1. The quantitative estimate of drug-likeness (QED) is 0.157. The third kappa shape index (κ3) is 9.14. The number of anilines is 2. The number of ether oxygens (including phenoxy) is 2. The second-order valence-corrected chi connectivity index (χ2v) is 8.12. The number of nitrogens with zero attached hydrogens (tertiary/aromatic N) is 1. The number of hydrogen-bond acceptors (Lipinski definition) is 6. The van der Waals surface area contributed by atoms with Gasteiger partial charge in [0.05, 0.1) is 12.8 Å². The summed E-state index contributed by atoms with van der Waals surface area (Å²) >= 11 is 0. The summed E-state index contributed by atoms with van der Waals surface area (Å²) in [5.41, 5.74) is 4.92. The molecule has 37 heavy (non-hydrogen) atoms. The molecule has 3 aromatic rings. The Morgan fingerprint density at radius 2 is 1.51 bits per heavy atom. The van der Waals surface area contributed by atoms with Gasteiger partial charge in [0.15, 0.2) is 6.61 Å². The van der Waals surface area contributed by atoms with Crippen molar-refractivity contribution >= 4 is 35.3 Å². The number of nitrogens with one attached hydrogen (secondary N) is 3. The third-order valence-corrected chi connectivity index (χ3v) is 5.07. The van der Waals surface area contributed by atoms with Gasteiger partial charge in [-0.2, -0.15) is 5.10 Å². The van der Waals surface area contributed by atoms with Gasteiger partial charge in [-0.1, -0.05) is 43.2 Å². The summed E-state index contributed by atoms with van der Waals surface area (Å²) in [5, 5.41) is 9.10. The second kappa shape index (κ2) is 14.0. The maximum atomic E-state index is 12.2. The maximum absolute atomic E-state index is 12.2. The minimum Gasteiger partial charge on any atom is -0.494 e. The van der Waals surface area contributed by atoms with Gasteiger partial charge in [-0.3, -0.25) is 14.4 Å². The van der Waals surface area contributed by atoms with Crippen LogP contribution in [0.3, 0.4) is 0 Å². The van der Waals surface area contributed by atoms with Crippen molar-refractivity contribution in [2.24, 2.45) is 5.10 Å². The Balaban J connectivity index is 1.47. The Morgan fingerprint density at radius 1 is 0.838 bits per heavy atom. The number of rotatable bonds is 11. The number of hydrogen-bond donors (Lipinski definition) is 3. The predicted octanol–water partition coefficient (Wildman–Crippen LogP) is 4.28. The van der Waals surface area contributed by atoms with Crippen LogP contribution in [0.2, 0.25) is 0 Å². The normalized spacial score (nSPS) is 10.5. The van der Waals surface area contributed by atoms with Crippen molar-refractivity contribution in [1.29, 1.82) is 0 Å². The highest BCUT2D eigenvalue weighted by atomic mass is 16.5. The zero-order valence-electron chi connectivity index (χ0n) is 20.8. The standard InChI is InChI=1S/C28H30N4O5/c1-3-4-17-36-24-15-13-23(14-16-24)31-27(34)28(35)32-29-18-21-7-5-6-8-25(21)37-19-26(33)30-22-11-9-20(2)10-12-22/h5-16,18H,3-4,17,19H2,1-2H3,(H,30,33)(H,31,34)(H,32,35)/b29-18-. The molecule has 0 heterocycles. The topological polar surface area (TPSA) is 118 Å². The number of unbranched alkanes of at least 4 members (excludes halogenated alkanes) is 1. The van der Waals surface area contributed by atoms with Crippen LogP contribution in [-0.4, -0.2) is 37.1 Å². The fraction of sp³-hybridized carbons (Fsp3) is 0.214. The molecule has 0 atom stereocenters. The molecule has 3 amide bonds. The fourth-order valence-corrected chi connectivity index (χ4v) is 3.06. The van der Waals surface area contributed by atoms with Gasteiger partial charge in [-0.05, 0) is 61.9 Å². The van der Waals surface area contributed by atoms with E-state index in [1.807, 2.05) is 31.2 Å². The molecule has 0 aliphatic carbocycles. The van der Waals surface area contributed by atoms with Crippen LogP contribution >= 0.6 is 0 Å². The van der Waals surface area contributed by atoms with E-state index < -0.39 is 11.8 Å². The molecule has 0 aromatic heterocycles. The van der Waals surface area contributed by atoms with E-state index in [-0.39, 0.29) is 12.5 Å². The Kier molecular flexibility index (Phi) is 10.2. The highest BCUT2D eigenvalue weighted by molar-refractivity contribution is 6.39. The summed E-state index contributed by atoms with van der Waals surface area (Å²) in [6.07, 6.45) is 3.33. The van der Waals surface area contributed by atoms with Gasteiger partial charge in [-0.15, -0.1) is 0 Å². The Morgan fingerprint density at radius 3 is 2.24 bits per heavy atom. The van der Waals surface area contributed by atoms with Crippen LogP contribution in [0.15, 0.2) is 77.9 Å². The van der Waals surface area contributed by atoms with Crippen molar-refractivity contribution in [2.45, 2.75) is 26.7 Å². The van der Waals surface area contributed by atoms with Crippen molar-refractivity contribution in [1.82, 2.24) is 5.43 Å². The van der Waals surface area contributed by atoms with Crippen LogP contribution in [0.4, 0.5) is 11.4 Å². The minimum atomic E-state index is -0.935. The lowest BCUT2D eigenvalue weighted by atomic mass is 10.2. The van der Waals surface area contributed by atoms with Crippen molar-refractivity contribution in [2.75, 3.05) is 23.8 Å². The molecular weight excluding hydrogens is 472 g/mol. The third-order valence-electron chi connectivity index (χ3n) is 5.07. The van der Waals surface area contributed by atoms with E-state index in [9.17, 15) is 14.4 Å². The van der Waals surface area contributed by atoms with Gasteiger partial charge in [0, 0.05) is 16.9 Å². The van der Waals surface area contributed by atoms with Gasteiger partial charge in [-0.25, -0.2) is 5.43 Å². The van der Waals surface area contributed by atoms with Gasteiger partial charge >= 0.3 is 11.8 Å². The van der Waals surface area contributed by atoms with Crippen LogP contribution < -0.4 is 25.5 Å². The van der Waals surface area contributed by atoms with E-state index in [1.165, 1.54) is 6.21 Å². The van der Waals surface area contributed by atoms with Gasteiger partial charge in [0.2, 0.25) is 0 Å². The number of amides is 3. The number of hydrazone groups is 1. The van der Waals surface area contributed by atoms with Gasteiger partial charge < -0.3 is 20.1 Å². The van der Waals surface area contributed by atoms with E-state index >= 15 is 0 Å². The fourth-order valence-electron chi connectivity index (χ4n) is 3.06. The number of carbonyl (C=O) groups excluding carboxylic acids is 3. The lowest BCUT2D eigenvalue weighted by Crippen LogP contribution is -2.32. The summed E-state index contributed by atoms with van der Waals surface area (Å²) in [7, 11) is 0. The lowest BCUT2D eigenvalue weighted by Gasteiger charge is -2.10. The average Bonchev–Trinajstić information content (AvgIpc) is 2.90. The summed E-state index contributed by atoms with van der Waals surface area (Å²) in [4.78, 5) is 36.5. The molecule has 0 bridgehead atoms. The molecule has 3 N–H and O–H groups in total. The van der Waals surface area contributed by atoms with Crippen LogP contribution in [0.5, 0.6) is 11.5 Å². The van der Waals surface area contributed by atoms with E-state index in [2.05, 4.69) is 28.1 Å².